The second kappa shape index (κ2) is 6.99. The van der Waals surface area contributed by atoms with E-state index < -0.39 is 0 Å². The molecular formula is C16H16BrNOS2. The van der Waals surface area contributed by atoms with E-state index in [0.29, 0.717) is 5.25 Å². The topological polar surface area (TPSA) is 20.3 Å². The summed E-state index contributed by atoms with van der Waals surface area (Å²) in [6, 6.07) is 12.5. The van der Waals surface area contributed by atoms with Crippen molar-refractivity contribution in [1.29, 1.82) is 0 Å². The lowest BCUT2D eigenvalue weighted by Crippen LogP contribution is -2.32. The summed E-state index contributed by atoms with van der Waals surface area (Å²) in [5.74, 6) is 1.16. The largest absolute Gasteiger partial charge is 0.337 e. The third-order valence-electron chi connectivity index (χ3n) is 3.58. The number of halogens is 1. The van der Waals surface area contributed by atoms with Crippen LogP contribution in [0.3, 0.4) is 0 Å². The molecule has 0 bridgehead atoms. The van der Waals surface area contributed by atoms with Crippen LogP contribution < -0.4 is 0 Å². The van der Waals surface area contributed by atoms with Gasteiger partial charge in [-0.2, -0.15) is 11.8 Å². The lowest BCUT2D eigenvalue weighted by atomic mass is 10.1. The Bertz CT molecular complexity index is 614. The molecule has 1 fully saturated rings. The Morgan fingerprint density at radius 2 is 2.05 bits per heavy atom. The molecule has 0 aliphatic carbocycles. The fourth-order valence-electron chi connectivity index (χ4n) is 2.49. The molecule has 1 unspecified atom stereocenters. The lowest BCUT2D eigenvalue weighted by Gasteiger charge is -2.19. The minimum Gasteiger partial charge on any atom is -0.337 e. The van der Waals surface area contributed by atoms with Gasteiger partial charge in [-0.05, 0) is 34.0 Å². The summed E-state index contributed by atoms with van der Waals surface area (Å²) in [5.41, 5.74) is 1.37. The van der Waals surface area contributed by atoms with E-state index in [0.717, 1.165) is 34.6 Å². The predicted octanol–water partition coefficient (Wildman–Crippen LogP) is 4.83. The monoisotopic (exact) mass is 381 g/mol. The van der Waals surface area contributed by atoms with Crippen LogP contribution in [0.2, 0.25) is 0 Å². The summed E-state index contributed by atoms with van der Waals surface area (Å²) in [4.78, 5) is 15.3. The number of hydrogen-bond acceptors (Lipinski definition) is 3. The van der Waals surface area contributed by atoms with Gasteiger partial charge in [0.25, 0.3) is 5.91 Å². The maximum absolute atomic E-state index is 12.5. The summed E-state index contributed by atoms with van der Waals surface area (Å²) in [7, 11) is 0. The van der Waals surface area contributed by atoms with Crippen molar-refractivity contribution in [2.24, 2.45) is 0 Å². The van der Waals surface area contributed by atoms with Crippen molar-refractivity contribution < 1.29 is 4.79 Å². The van der Waals surface area contributed by atoms with Crippen LogP contribution >= 0.6 is 39.0 Å². The summed E-state index contributed by atoms with van der Waals surface area (Å²) < 4.78 is 0.988. The van der Waals surface area contributed by atoms with Gasteiger partial charge in [0, 0.05) is 33.9 Å². The second-order valence-corrected chi connectivity index (χ2v) is 8.12. The fraction of sp³-hybridized carbons (Fsp3) is 0.312. The standard InChI is InChI=1S/C16H16BrNOS2/c17-13-10-15(21-11-13)16(19)18-7-6-14(20-9-8-18)12-4-2-1-3-5-12/h1-5,10-11,14H,6-9H2. The minimum atomic E-state index is 0.167. The van der Waals surface area contributed by atoms with Crippen LogP contribution in [0.1, 0.15) is 26.9 Å². The molecule has 1 atom stereocenters. The first-order chi connectivity index (χ1) is 10.2. The zero-order valence-corrected chi connectivity index (χ0v) is 14.7. The zero-order chi connectivity index (χ0) is 14.7. The zero-order valence-electron chi connectivity index (χ0n) is 11.5. The van der Waals surface area contributed by atoms with Gasteiger partial charge in [0.05, 0.1) is 4.88 Å². The molecule has 0 radical (unpaired) electrons. The first kappa shape index (κ1) is 15.1. The molecule has 2 aromatic rings. The highest BCUT2D eigenvalue weighted by Gasteiger charge is 2.23. The van der Waals surface area contributed by atoms with Gasteiger partial charge in [-0.1, -0.05) is 30.3 Å². The van der Waals surface area contributed by atoms with E-state index in [1.807, 2.05) is 28.1 Å². The van der Waals surface area contributed by atoms with Crippen LogP contribution in [0.5, 0.6) is 0 Å². The van der Waals surface area contributed by atoms with Gasteiger partial charge in [-0.15, -0.1) is 11.3 Å². The SMILES string of the molecule is O=C(c1cc(Br)cs1)N1CCSC(c2ccccc2)CC1. The molecule has 2 heterocycles. The van der Waals surface area contributed by atoms with Gasteiger partial charge in [-0.25, -0.2) is 0 Å². The number of rotatable bonds is 2. The van der Waals surface area contributed by atoms with Crippen LogP contribution in [-0.2, 0) is 0 Å². The van der Waals surface area contributed by atoms with Crippen molar-refractivity contribution in [2.45, 2.75) is 11.7 Å². The number of carbonyl (C=O) groups excluding carboxylic acids is 1. The Morgan fingerprint density at radius 1 is 1.24 bits per heavy atom. The lowest BCUT2D eigenvalue weighted by molar-refractivity contribution is 0.0771. The summed E-state index contributed by atoms with van der Waals surface area (Å²) in [6.07, 6.45) is 1.02. The molecule has 21 heavy (non-hydrogen) atoms. The van der Waals surface area contributed by atoms with Crippen molar-refractivity contribution in [2.75, 3.05) is 18.8 Å². The van der Waals surface area contributed by atoms with Gasteiger partial charge >= 0.3 is 0 Å². The second-order valence-electron chi connectivity index (χ2n) is 4.98. The van der Waals surface area contributed by atoms with Crippen LogP contribution in [0, 0.1) is 0 Å². The van der Waals surface area contributed by atoms with Crippen molar-refractivity contribution in [3.63, 3.8) is 0 Å². The van der Waals surface area contributed by atoms with Crippen LogP contribution in [0.25, 0.3) is 0 Å². The molecule has 1 aromatic heterocycles. The first-order valence-electron chi connectivity index (χ1n) is 6.94. The van der Waals surface area contributed by atoms with Gasteiger partial charge in [0.15, 0.2) is 0 Å². The number of amides is 1. The van der Waals surface area contributed by atoms with Crippen molar-refractivity contribution in [3.05, 3.63) is 56.7 Å². The number of benzene rings is 1. The third kappa shape index (κ3) is 3.71. The number of thioether (sulfide) groups is 1. The van der Waals surface area contributed by atoms with Crippen molar-refractivity contribution in [1.82, 2.24) is 4.90 Å². The number of hydrogen-bond donors (Lipinski definition) is 0. The molecule has 1 amide bonds. The molecule has 1 saturated heterocycles. The fourth-order valence-corrected chi connectivity index (χ4v) is 5.11. The summed E-state index contributed by atoms with van der Waals surface area (Å²) in [5, 5.41) is 2.46. The maximum Gasteiger partial charge on any atom is 0.263 e. The van der Waals surface area contributed by atoms with Crippen LogP contribution in [0.15, 0.2) is 46.3 Å². The quantitative estimate of drug-likeness (QED) is 0.742. The van der Waals surface area contributed by atoms with Crippen LogP contribution in [0.4, 0.5) is 0 Å². The average molecular weight is 382 g/mol. The molecule has 1 aliphatic heterocycles. The highest BCUT2D eigenvalue weighted by Crippen LogP contribution is 2.34. The highest BCUT2D eigenvalue weighted by molar-refractivity contribution is 9.10. The molecule has 3 rings (SSSR count). The molecule has 1 aromatic carbocycles. The van der Waals surface area contributed by atoms with Crippen molar-refractivity contribution >= 4 is 44.9 Å². The molecule has 1 aliphatic rings. The van der Waals surface area contributed by atoms with Crippen molar-refractivity contribution in [3.8, 4) is 0 Å². The van der Waals surface area contributed by atoms with Gasteiger partial charge < -0.3 is 4.90 Å². The molecular weight excluding hydrogens is 366 g/mol. The summed E-state index contributed by atoms with van der Waals surface area (Å²) >= 11 is 6.88. The van der Waals surface area contributed by atoms with Gasteiger partial charge in [-0.3, -0.25) is 4.79 Å². The molecule has 0 saturated carbocycles. The summed E-state index contributed by atoms with van der Waals surface area (Å²) in [6.45, 7) is 1.67. The minimum absolute atomic E-state index is 0.167. The normalized spacial score (nSPS) is 19.3. The molecule has 5 heteroatoms. The highest BCUT2D eigenvalue weighted by atomic mass is 79.9. The van der Waals surface area contributed by atoms with E-state index in [9.17, 15) is 4.79 Å². The maximum atomic E-state index is 12.5. The number of carbonyl (C=O) groups is 1. The van der Waals surface area contributed by atoms with Crippen LogP contribution in [-0.4, -0.2) is 29.6 Å². The van der Waals surface area contributed by atoms with E-state index in [1.54, 1.807) is 0 Å². The average Bonchev–Trinajstić information content (AvgIpc) is 2.81. The van der Waals surface area contributed by atoms with E-state index >= 15 is 0 Å². The van der Waals surface area contributed by atoms with E-state index in [-0.39, 0.29) is 5.91 Å². The Hall–Kier alpha value is -0.780. The van der Waals surface area contributed by atoms with Gasteiger partial charge in [0.1, 0.15) is 0 Å². The number of nitrogens with zero attached hydrogens (tertiary/aromatic N) is 1. The molecule has 0 spiro atoms. The van der Waals surface area contributed by atoms with E-state index in [2.05, 4.69) is 46.3 Å². The molecule has 0 N–H and O–H groups in total. The van der Waals surface area contributed by atoms with E-state index in [4.69, 9.17) is 0 Å². The third-order valence-corrected chi connectivity index (χ3v) is 6.59. The smallest absolute Gasteiger partial charge is 0.263 e. The predicted molar refractivity (Wildman–Crippen MR) is 94.2 cm³/mol. The Labute approximate surface area is 141 Å². The van der Waals surface area contributed by atoms with Gasteiger partial charge in [0.2, 0.25) is 0 Å². The molecule has 2 nitrogen and oxygen atoms in total. The Balaban J connectivity index is 1.67. The first-order valence-corrected chi connectivity index (χ1v) is 9.66. The van der Waals surface area contributed by atoms with E-state index in [1.165, 1.54) is 16.9 Å². The Kier molecular flexibility index (Phi) is 5.03. The molecule has 110 valence electrons. The Morgan fingerprint density at radius 3 is 2.76 bits per heavy atom. The number of thiophene rings is 1.